The highest BCUT2D eigenvalue weighted by molar-refractivity contribution is 5.52. The van der Waals surface area contributed by atoms with Crippen LogP contribution in [0, 0.1) is 0 Å². The Morgan fingerprint density at radius 3 is 2.53 bits per heavy atom. The second-order valence-corrected chi connectivity index (χ2v) is 3.85. The van der Waals surface area contributed by atoms with Crippen LogP contribution < -0.4 is 10.2 Å². The Balaban J connectivity index is 2.49. The van der Waals surface area contributed by atoms with Crippen molar-refractivity contribution in [3.05, 3.63) is 12.5 Å². The Bertz CT molecular complexity index is 517. The van der Waals surface area contributed by atoms with Crippen molar-refractivity contribution in [2.24, 2.45) is 7.05 Å². The lowest BCUT2D eigenvalue weighted by Crippen LogP contribution is -2.15. The van der Waals surface area contributed by atoms with Crippen LogP contribution >= 0.6 is 0 Å². The van der Waals surface area contributed by atoms with Crippen LogP contribution in [0.1, 0.15) is 0 Å². The minimum atomic E-state index is 0.532. The summed E-state index contributed by atoms with van der Waals surface area (Å²) in [6.07, 6.45) is 3.59. The molecule has 0 aliphatic heterocycles. The number of aryl methyl sites for hydroxylation is 1. The molecule has 0 atom stereocenters. The topological polar surface area (TPSA) is 71.8 Å². The number of hydrogen-bond donors (Lipinski definition) is 1. The molecule has 0 aliphatic carbocycles. The van der Waals surface area contributed by atoms with E-state index < -0.39 is 0 Å². The molecule has 1 N–H and O–H groups in total. The van der Waals surface area contributed by atoms with Gasteiger partial charge < -0.3 is 14.8 Å². The zero-order chi connectivity index (χ0) is 12.4. The fourth-order valence-corrected chi connectivity index (χ4v) is 1.32. The van der Waals surface area contributed by atoms with Crippen molar-refractivity contribution in [3.63, 3.8) is 0 Å². The molecule has 7 nitrogen and oxygen atoms in total. The summed E-state index contributed by atoms with van der Waals surface area (Å²) in [5.41, 5.74) is 0.731. The molecule has 2 rings (SSSR count). The predicted octanol–water partition coefficient (Wildman–Crippen LogP) is 0.380. The third kappa shape index (κ3) is 2.32. The molecular weight excluding hydrogens is 218 g/mol. The van der Waals surface area contributed by atoms with Gasteiger partial charge in [-0.3, -0.25) is 0 Å². The molecule has 2 heterocycles. The van der Waals surface area contributed by atoms with Gasteiger partial charge in [-0.2, -0.15) is 15.0 Å². The number of aromatic nitrogens is 5. The van der Waals surface area contributed by atoms with Gasteiger partial charge in [-0.05, 0) is 0 Å². The molecule has 0 bridgehead atoms. The summed E-state index contributed by atoms with van der Waals surface area (Å²) < 4.78 is 1.85. The van der Waals surface area contributed by atoms with Crippen LogP contribution in [0.25, 0.3) is 11.5 Å². The zero-order valence-electron chi connectivity index (χ0n) is 10.3. The van der Waals surface area contributed by atoms with E-state index in [9.17, 15) is 0 Å². The van der Waals surface area contributed by atoms with Gasteiger partial charge in [-0.25, -0.2) is 4.98 Å². The maximum absolute atomic E-state index is 4.35. The lowest BCUT2D eigenvalue weighted by Gasteiger charge is -2.11. The summed E-state index contributed by atoms with van der Waals surface area (Å²) in [4.78, 5) is 18.9. The maximum atomic E-state index is 4.35. The molecule has 0 amide bonds. The summed E-state index contributed by atoms with van der Waals surface area (Å²) in [6.45, 7) is 0. The molecule has 0 saturated heterocycles. The molecule has 2 aromatic rings. The van der Waals surface area contributed by atoms with Crippen LogP contribution in [0.5, 0.6) is 0 Å². The standard InChI is InChI=1S/C10H15N7/c1-11-9-13-8(7-5-17(4)6-12-7)14-10(15-9)16(2)3/h5-6H,1-4H3,(H,11,13,14,15). The third-order valence-corrected chi connectivity index (χ3v) is 2.18. The fourth-order valence-electron chi connectivity index (χ4n) is 1.32. The van der Waals surface area contributed by atoms with E-state index in [1.54, 1.807) is 13.4 Å². The van der Waals surface area contributed by atoms with Crippen molar-refractivity contribution in [1.29, 1.82) is 0 Å². The second-order valence-electron chi connectivity index (χ2n) is 3.85. The summed E-state index contributed by atoms with van der Waals surface area (Å²) in [5.74, 6) is 1.70. The van der Waals surface area contributed by atoms with E-state index >= 15 is 0 Å². The predicted molar refractivity (Wildman–Crippen MR) is 65.9 cm³/mol. The first-order valence-corrected chi connectivity index (χ1v) is 5.19. The number of rotatable bonds is 3. The summed E-state index contributed by atoms with van der Waals surface area (Å²) in [6, 6.07) is 0. The van der Waals surface area contributed by atoms with Crippen molar-refractivity contribution in [2.75, 3.05) is 31.4 Å². The molecule has 17 heavy (non-hydrogen) atoms. The first kappa shape index (κ1) is 11.3. The minimum Gasteiger partial charge on any atom is -0.357 e. The molecule has 90 valence electrons. The number of nitrogens with one attached hydrogen (secondary N) is 1. The molecule has 0 radical (unpaired) electrons. The Labute approximate surface area is 99.6 Å². The summed E-state index contributed by atoms with van der Waals surface area (Å²) in [5, 5.41) is 2.92. The Kier molecular flexibility index (Phi) is 2.90. The average molecular weight is 233 g/mol. The first-order chi connectivity index (χ1) is 8.10. The van der Waals surface area contributed by atoms with Crippen LogP contribution in [-0.2, 0) is 7.05 Å². The Morgan fingerprint density at radius 1 is 1.24 bits per heavy atom. The maximum Gasteiger partial charge on any atom is 0.230 e. The van der Waals surface area contributed by atoms with E-state index in [1.807, 2.05) is 36.8 Å². The van der Waals surface area contributed by atoms with Gasteiger partial charge in [0.25, 0.3) is 0 Å². The molecule has 0 unspecified atom stereocenters. The van der Waals surface area contributed by atoms with Gasteiger partial charge in [0, 0.05) is 34.4 Å². The van der Waals surface area contributed by atoms with Gasteiger partial charge >= 0.3 is 0 Å². The lowest BCUT2D eigenvalue weighted by atomic mass is 10.4. The quantitative estimate of drug-likeness (QED) is 0.826. The number of anilines is 2. The largest absolute Gasteiger partial charge is 0.357 e. The van der Waals surface area contributed by atoms with Gasteiger partial charge in [0.2, 0.25) is 11.9 Å². The van der Waals surface area contributed by atoms with Crippen LogP contribution in [0.3, 0.4) is 0 Å². The zero-order valence-corrected chi connectivity index (χ0v) is 10.3. The normalized spacial score (nSPS) is 10.4. The second kappa shape index (κ2) is 4.36. The highest BCUT2D eigenvalue weighted by Crippen LogP contribution is 2.16. The molecule has 0 spiro atoms. The van der Waals surface area contributed by atoms with Crippen LogP contribution in [0.2, 0.25) is 0 Å². The van der Waals surface area contributed by atoms with Gasteiger partial charge in [-0.1, -0.05) is 0 Å². The number of imidazole rings is 1. The SMILES string of the molecule is CNc1nc(-c2cn(C)cn2)nc(N(C)C)n1. The molecular formula is C10H15N7. The lowest BCUT2D eigenvalue weighted by molar-refractivity contribution is 0.913. The molecule has 0 aromatic carbocycles. The molecule has 2 aromatic heterocycles. The van der Waals surface area contributed by atoms with E-state index in [1.165, 1.54) is 0 Å². The molecule has 0 aliphatic rings. The summed E-state index contributed by atoms with van der Waals surface area (Å²) in [7, 11) is 7.45. The van der Waals surface area contributed by atoms with Crippen molar-refractivity contribution in [3.8, 4) is 11.5 Å². The molecule has 0 fully saturated rings. The third-order valence-electron chi connectivity index (χ3n) is 2.18. The van der Waals surface area contributed by atoms with Gasteiger partial charge in [-0.15, -0.1) is 0 Å². The van der Waals surface area contributed by atoms with Crippen molar-refractivity contribution in [2.45, 2.75) is 0 Å². The van der Waals surface area contributed by atoms with E-state index in [4.69, 9.17) is 0 Å². The van der Waals surface area contributed by atoms with Gasteiger partial charge in [0.15, 0.2) is 5.82 Å². The minimum absolute atomic E-state index is 0.532. The van der Waals surface area contributed by atoms with E-state index in [0.29, 0.717) is 17.7 Å². The van der Waals surface area contributed by atoms with Crippen LogP contribution in [-0.4, -0.2) is 45.6 Å². The van der Waals surface area contributed by atoms with Gasteiger partial charge in [0.1, 0.15) is 5.69 Å². The highest BCUT2D eigenvalue weighted by atomic mass is 15.3. The van der Waals surface area contributed by atoms with Crippen molar-refractivity contribution in [1.82, 2.24) is 24.5 Å². The summed E-state index contributed by atoms with van der Waals surface area (Å²) >= 11 is 0. The molecule has 7 heteroatoms. The number of hydrogen-bond acceptors (Lipinski definition) is 6. The smallest absolute Gasteiger partial charge is 0.230 e. The monoisotopic (exact) mass is 233 g/mol. The van der Waals surface area contributed by atoms with E-state index in [0.717, 1.165) is 5.69 Å². The number of nitrogens with zero attached hydrogens (tertiary/aromatic N) is 6. The fraction of sp³-hybridized carbons (Fsp3) is 0.400. The average Bonchev–Trinajstić information content (AvgIpc) is 2.75. The van der Waals surface area contributed by atoms with E-state index in [-0.39, 0.29) is 0 Å². The Morgan fingerprint density at radius 2 is 2.00 bits per heavy atom. The van der Waals surface area contributed by atoms with Gasteiger partial charge in [0.05, 0.1) is 6.33 Å². The highest BCUT2D eigenvalue weighted by Gasteiger charge is 2.10. The van der Waals surface area contributed by atoms with E-state index in [2.05, 4.69) is 25.3 Å². The molecule has 0 saturated carbocycles. The van der Waals surface area contributed by atoms with Crippen LogP contribution in [0.4, 0.5) is 11.9 Å². The van der Waals surface area contributed by atoms with Crippen LogP contribution in [0.15, 0.2) is 12.5 Å². The first-order valence-electron chi connectivity index (χ1n) is 5.19. The van der Waals surface area contributed by atoms with Crippen molar-refractivity contribution >= 4 is 11.9 Å². The Hall–Kier alpha value is -2.18. The van der Waals surface area contributed by atoms with Crippen molar-refractivity contribution < 1.29 is 0 Å².